The summed E-state index contributed by atoms with van der Waals surface area (Å²) >= 11 is 0. The Labute approximate surface area is 128 Å². The molecule has 0 spiro atoms. The molecule has 0 fully saturated rings. The van der Waals surface area contributed by atoms with Crippen LogP contribution >= 0.6 is 0 Å². The molecule has 110 valence electrons. The number of halogens is 2. The summed E-state index contributed by atoms with van der Waals surface area (Å²) in [6.07, 6.45) is 1.71. The molecule has 3 aromatic rings. The standard InChI is InChI=1S/C19H15F2N/c1-12-3-8-19(22-11-12)16-7-6-15(10-18(16)21)14-5-4-13(2)17(20)9-14/h3-11H,1-2H3. The van der Waals surface area contributed by atoms with E-state index >= 15 is 0 Å². The molecule has 0 atom stereocenters. The van der Waals surface area contributed by atoms with Crippen LogP contribution in [0.15, 0.2) is 54.7 Å². The summed E-state index contributed by atoms with van der Waals surface area (Å²) in [7, 11) is 0. The van der Waals surface area contributed by atoms with Gasteiger partial charge in [-0.1, -0.05) is 24.3 Å². The van der Waals surface area contributed by atoms with Gasteiger partial charge in [-0.3, -0.25) is 4.98 Å². The van der Waals surface area contributed by atoms with Gasteiger partial charge in [0.15, 0.2) is 0 Å². The molecule has 0 aliphatic carbocycles. The molecule has 0 aliphatic heterocycles. The van der Waals surface area contributed by atoms with Crippen molar-refractivity contribution in [2.75, 3.05) is 0 Å². The van der Waals surface area contributed by atoms with Gasteiger partial charge in [0.2, 0.25) is 0 Å². The minimum atomic E-state index is -0.366. The minimum Gasteiger partial charge on any atom is -0.256 e. The second kappa shape index (κ2) is 5.68. The molecule has 0 bridgehead atoms. The summed E-state index contributed by atoms with van der Waals surface area (Å²) in [6, 6.07) is 13.5. The first-order valence-corrected chi connectivity index (χ1v) is 7.04. The quantitative estimate of drug-likeness (QED) is 0.624. The summed E-state index contributed by atoms with van der Waals surface area (Å²) in [5.74, 6) is -0.656. The Hall–Kier alpha value is -2.55. The second-order valence-electron chi connectivity index (χ2n) is 5.38. The third-order valence-electron chi connectivity index (χ3n) is 3.66. The van der Waals surface area contributed by atoms with E-state index < -0.39 is 0 Å². The molecule has 0 saturated heterocycles. The van der Waals surface area contributed by atoms with Gasteiger partial charge in [0, 0.05) is 11.8 Å². The molecule has 1 heterocycles. The minimum absolute atomic E-state index is 0.290. The third-order valence-corrected chi connectivity index (χ3v) is 3.66. The zero-order valence-electron chi connectivity index (χ0n) is 12.4. The molecular weight excluding hydrogens is 280 g/mol. The molecule has 0 N–H and O–H groups in total. The highest BCUT2D eigenvalue weighted by molar-refractivity contribution is 5.69. The normalized spacial score (nSPS) is 10.7. The van der Waals surface area contributed by atoms with Crippen LogP contribution in [0.2, 0.25) is 0 Å². The predicted molar refractivity (Wildman–Crippen MR) is 84.5 cm³/mol. The van der Waals surface area contributed by atoms with Gasteiger partial charge < -0.3 is 0 Å². The van der Waals surface area contributed by atoms with E-state index in [2.05, 4.69) is 4.98 Å². The second-order valence-corrected chi connectivity index (χ2v) is 5.38. The first kappa shape index (κ1) is 14.4. The molecule has 0 amide bonds. The van der Waals surface area contributed by atoms with E-state index in [1.807, 2.05) is 13.0 Å². The zero-order valence-corrected chi connectivity index (χ0v) is 12.4. The van der Waals surface area contributed by atoms with Crippen molar-refractivity contribution >= 4 is 0 Å². The summed E-state index contributed by atoms with van der Waals surface area (Å²) < 4.78 is 28.0. The summed E-state index contributed by atoms with van der Waals surface area (Å²) in [5.41, 5.74) is 3.93. The molecular formula is C19H15F2N. The largest absolute Gasteiger partial charge is 0.256 e. The summed E-state index contributed by atoms with van der Waals surface area (Å²) in [5, 5.41) is 0. The average Bonchev–Trinajstić information content (AvgIpc) is 2.51. The Morgan fingerprint density at radius 1 is 0.773 bits per heavy atom. The molecule has 0 aliphatic rings. The van der Waals surface area contributed by atoms with Crippen molar-refractivity contribution in [1.29, 1.82) is 0 Å². The molecule has 0 saturated carbocycles. The van der Waals surface area contributed by atoms with Crippen molar-refractivity contribution in [3.8, 4) is 22.4 Å². The van der Waals surface area contributed by atoms with Crippen LogP contribution in [-0.2, 0) is 0 Å². The van der Waals surface area contributed by atoms with Crippen molar-refractivity contribution in [1.82, 2.24) is 4.98 Å². The topological polar surface area (TPSA) is 12.9 Å². The average molecular weight is 295 g/mol. The van der Waals surface area contributed by atoms with Gasteiger partial charge in [-0.25, -0.2) is 8.78 Å². The number of hydrogen-bond donors (Lipinski definition) is 0. The lowest BCUT2D eigenvalue weighted by Crippen LogP contribution is -1.90. The summed E-state index contributed by atoms with van der Waals surface area (Å²) in [4.78, 5) is 4.24. The van der Waals surface area contributed by atoms with E-state index in [0.29, 0.717) is 27.9 Å². The van der Waals surface area contributed by atoms with Gasteiger partial charge >= 0.3 is 0 Å². The zero-order chi connectivity index (χ0) is 15.7. The van der Waals surface area contributed by atoms with Crippen molar-refractivity contribution in [3.63, 3.8) is 0 Å². The molecule has 3 rings (SSSR count). The monoisotopic (exact) mass is 295 g/mol. The summed E-state index contributed by atoms with van der Waals surface area (Å²) in [6.45, 7) is 3.63. The Bertz CT molecular complexity index is 823. The van der Waals surface area contributed by atoms with Crippen molar-refractivity contribution < 1.29 is 8.78 Å². The Morgan fingerprint density at radius 2 is 1.45 bits per heavy atom. The third kappa shape index (κ3) is 2.75. The van der Waals surface area contributed by atoms with Crippen LogP contribution in [0, 0.1) is 25.5 Å². The van der Waals surface area contributed by atoms with Crippen LogP contribution in [-0.4, -0.2) is 4.98 Å². The number of aromatic nitrogens is 1. The first-order valence-electron chi connectivity index (χ1n) is 7.04. The van der Waals surface area contributed by atoms with Gasteiger partial charge in [-0.2, -0.15) is 0 Å². The highest BCUT2D eigenvalue weighted by Gasteiger charge is 2.09. The van der Waals surface area contributed by atoms with E-state index in [4.69, 9.17) is 0 Å². The fraction of sp³-hybridized carbons (Fsp3) is 0.105. The van der Waals surface area contributed by atoms with Crippen molar-refractivity contribution in [2.24, 2.45) is 0 Å². The van der Waals surface area contributed by atoms with E-state index in [0.717, 1.165) is 5.56 Å². The number of pyridine rings is 1. The SMILES string of the molecule is Cc1ccc(-c2ccc(-c3ccc(C)c(F)c3)cc2F)nc1. The molecule has 1 nitrogen and oxygen atoms in total. The number of rotatable bonds is 2. The van der Waals surface area contributed by atoms with Gasteiger partial charge in [0.05, 0.1) is 5.69 Å². The fourth-order valence-electron chi connectivity index (χ4n) is 2.30. The fourth-order valence-corrected chi connectivity index (χ4v) is 2.30. The van der Waals surface area contributed by atoms with Gasteiger partial charge in [0.1, 0.15) is 11.6 Å². The predicted octanol–water partition coefficient (Wildman–Crippen LogP) is 5.31. The van der Waals surface area contributed by atoms with Crippen LogP contribution in [0.3, 0.4) is 0 Å². The van der Waals surface area contributed by atoms with Gasteiger partial charge in [-0.05, 0) is 60.4 Å². The number of aryl methyl sites for hydroxylation is 2. The van der Waals surface area contributed by atoms with Crippen LogP contribution in [0.5, 0.6) is 0 Å². The molecule has 22 heavy (non-hydrogen) atoms. The van der Waals surface area contributed by atoms with E-state index in [9.17, 15) is 8.78 Å². The van der Waals surface area contributed by atoms with Gasteiger partial charge in [0.25, 0.3) is 0 Å². The maximum absolute atomic E-state index is 14.4. The van der Waals surface area contributed by atoms with E-state index in [1.54, 1.807) is 43.5 Å². The molecule has 0 unspecified atom stereocenters. The molecule has 0 radical (unpaired) electrons. The lowest BCUT2D eigenvalue weighted by atomic mass is 10.0. The van der Waals surface area contributed by atoms with Crippen LogP contribution in [0.4, 0.5) is 8.78 Å². The van der Waals surface area contributed by atoms with E-state index in [-0.39, 0.29) is 11.6 Å². The maximum Gasteiger partial charge on any atom is 0.133 e. The Morgan fingerprint density at radius 3 is 2.05 bits per heavy atom. The highest BCUT2D eigenvalue weighted by Crippen LogP contribution is 2.28. The molecule has 1 aromatic heterocycles. The number of benzene rings is 2. The van der Waals surface area contributed by atoms with Crippen LogP contribution < -0.4 is 0 Å². The number of nitrogens with zero attached hydrogens (tertiary/aromatic N) is 1. The lowest BCUT2D eigenvalue weighted by Gasteiger charge is -2.07. The van der Waals surface area contributed by atoms with Crippen LogP contribution in [0.1, 0.15) is 11.1 Å². The van der Waals surface area contributed by atoms with E-state index in [1.165, 1.54) is 12.1 Å². The van der Waals surface area contributed by atoms with Crippen molar-refractivity contribution in [2.45, 2.75) is 13.8 Å². The highest BCUT2D eigenvalue weighted by atomic mass is 19.1. The van der Waals surface area contributed by atoms with Crippen molar-refractivity contribution in [3.05, 3.63) is 77.5 Å². The van der Waals surface area contributed by atoms with Gasteiger partial charge in [-0.15, -0.1) is 0 Å². The molecule has 2 aromatic carbocycles. The maximum atomic E-state index is 14.4. The smallest absolute Gasteiger partial charge is 0.133 e. The lowest BCUT2D eigenvalue weighted by molar-refractivity contribution is 0.618. The van der Waals surface area contributed by atoms with Crippen LogP contribution in [0.25, 0.3) is 22.4 Å². The Kier molecular flexibility index (Phi) is 3.72. The molecule has 3 heteroatoms. The number of hydrogen-bond acceptors (Lipinski definition) is 1. The first-order chi connectivity index (χ1) is 10.5. The Balaban J connectivity index is 2.01.